The summed E-state index contributed by atoms with van der Waals surface area (Å²) in [5, 5.41) is 41.3. The number of nitrogens with zero attached hydrogens (tertiary/aromatic N) is 6. The van der Waals surface area contributed by atoms with Crippen molar-refractivity contribution in [2.45, 2.75) is 64.4 Å². The molecule has 12 heterocycles. The lowest BCUT2D eigenvalue weighted by Gasteiger charge is -2.18. The number of aliphatic hydroxyl groups is 2. The lowest BCUT2D eigenvalue weighted by molar-refractivity contribution is 0.00466. The Morgan fingerprint density at radius 2 is 0.678 bits per heavy atom. The van der Waals surface area contributed by atoms with Gasteiger partial charge in [0.2, 0.25) is 0 Å². The van der Waals surface area contributed by atoms with Crippen molar-refractivity contribution in [1.82, 2.24) is 43.4 Å². The van der Waals surface area contributed by atoms with E-state index in [4.69, 9.17) is 4.74 Å². The second-order valence-corrected chi connectivity index (χ2v) is 24.3. The molecule has 2 atom stereocenters. The summed E-state index contributed by atoms with van der Waals surface area (Å²) in [7, 11) is 0. The Morgan fingerprint density at radius 1 is 0.356 bits per heavy atom. The predicted octanol–water partition coefficient (Wildman–Crippen LogP) is 11.4. The third-order valence-corrected chi connectivity index (χ3v) is 20.0. The SMILES string of the molecule is O=C1NC(=O)c2c1c1c3ccccc3n3c1c1c2c2ccccc2n1C/C=C\C3.O=C1NC(=O)c2c1c1c3ccccc3n3c1c1c2c2ccccc2n1CC(O)C(O)CC3.O=C1NCc2c1c1c3ccccc3n3c1c1c2c2ccccc2n1CCOCC3. The van der Waals surface area contributed by atoms with Crippen molar-refractivity contribution in [1.29, 1.82) is 0 Å². The van der Waals surface area contributed by atoms with E-state index in [1.54, 1.807) is 0 Å². The Labute approximate surface area is 509 Å². The lowest BCUT2D eigenvalue weighted by Crippen LogP contribution is -2.30. The van der Waals surface area contributed by atoms with E-state index in [0.29, 0.717) is 55.0 Å². The quantitative estimate of drug-likeness (QED) is 0.0729. The van der Waals surface area contributed by atoms with E-state index in [-0.39, 0.29) is 30.2 Å². The molecule has 9 aromatic carbocycles. The maximum Gasteiger partial charge on any atom is 0.259 e. The van der Waals surface area contributed by atoms with E-state index in [0.717, 1.165) is 135 Å². The van der Waals surface area contributed by atoms with Crippen LogP contribution in [0.3, 0.4) is 0 Å². The molecule has 15 aromatic rings. The zero-order chi connectivity index (χ0) is 60.1. The van der Waals surface area contributed by atoms with Gasteiger partial charge in [-0.25, -0.2) is 0 Å². The number of benzene rings is 9. The molecule has 0 saturated carbocycles. The molecule has 0 saturated heterocycles. The summed E-state index contributed by atoms with van der Waals surface area (Å²) in [4.78, 5) is 65.0. The summed E-state index contributed by atoms with van der Waals surface area (Å²) in [6, 6.07) is 48.8. The summed E-state index contributed by atoms with van der Waals surface area (Å²) in [5.74, 6) is -1.34. The highest BCUT2D eigenvalue weighted by Gasteiger charge is 2.40. The molecule has 90 heavy (non-hydrogen) atoms. The molecule has 0 fully saturated rings. The minimum Gasteiger partial charge on any atom is -0.390 e. The maximum absolute atomic E-state index is 13.0. The van der Waals surface area contributed by atoms with E-state index in [2.05, 4.69) is 112 Å². The number of ether oxygens (including phenoxy) is 1. The van der Waals surface area contributed by atoms with Gasteiger partial charge in [-0.1, -0.05) is 121 Å². The summed E-state index contributed by atoms with van der Waals surface area (Å²) >= 11 is 0. The van der Waals surface area contributed by atoms with Crippen LogP contribution in [0.4, 0.5) is 0 Å². The fourth-order valence-electron chi connectivity index (χ4n) is 16.5. The second-order valence-electron chi connectivity index (χ2n) is 24.3. The Kier molecular flexibility index (Phi) is 10.6. The van der Waals surface area contributed by atoms with Crippen LogP contribution in [-0.4, -0.2) is 92.6 Å². The van der Waals surface area contributed by atoms with Crippen molar-refractivity contribution in [3.63, 3.8) is 0 Å². The molecule has 6 aromatic heterocycles. The number of aliphatic hydroxyl groups excluding tert-OH is 2. The van der Waals surface area contributed by atoms with Gasteiger partial charge in [0, 0.05) is 137 Å². The summed E-state index contributed by atoms with van der Waals surface area (Å²) in [6.07, 6.45) is 2.88. The van der Waals surface area contributed by atoms with Crippen LogP contribution in [0.25, 0.3) is 131 Å². The third-order valence-electron chi connectivity index (χ3n) is 20.0. The van der Waals surface area contributed by atoms with Crippen molar-refractivity contribution in [2.24, 2.45) is 0 Å². The van der Waals surface area contributed by atoms with E-state index in [1.807, 2.05) is 89.5 Å². The van der Waals surface area contributed by atoms with E-state index < -0.39 is 18.1 Å². The zero-order valence-electron chi connectivity index (χ0n) is 48.3. The summed E-state index contributed by atoms with van der Waals surface area (Å²) in [6.45, 7) is 5.66. The first-order valence-electron chi connectivity index (χ1n) is 30.7. The van der Waals surface area contributed by atoms with E-state index in [1.165, 1.54) is 32.8 Å². The molecule has 2 unspecified atom stereocenters. The number of aromatic nitrogens is 6. The second kappa shape index (κ2) is 18.6. The number of nitrogens with one attached hydrogen (secondary N) is 3. The van der Waals surface area contributed by atoms with Crippen LogP contribution < -0.4 is 16.0 Å². The van der Waals surface area contributed by atoms with Crippen LogP contribution in [-0.2, 0) is 50.6 Å². The van der Waals surface area contributed by atoms with Crippen molar-refractivity contribution in [2.75, 3.05) is 13.2 Å². The normalized spacial score (nSPS) is 18.1. The molecule has 17 heteroatoms. The number of rotatable bonds is 0. The Morgan fingerprint density at radius 3 is 1.10 bits per heavy atom. The topological polar surface area (TPSA) is 201 Å². The standard InChI is InChI=1S/C25H19N3O4.C24H15N3O2.C24H19N3O2/c29-16-9-10-27-14-7-3-1-5-12(14)18-20-21(25(32)26-24(20)31)19-13-6-2-4-8-15(13)28(11-17(16)30)23(19)22(18)27;28-23-19-17-13-7-1-3-9-15(13)26-11-5-6-12-27-16-10-4-2-8-14(16)18(22(27)21(17)26)20(19)24(29)25-23;28-24-21-16(13-25-24)19-14-5-1-3-7-17(14)26-9-11-29-12-10-27-18-8-4-2-6-15(18)20(21)23(27)22(19)26/h1-8,16-17,29-30H,9-11H2,(H,26,31,32);1-10H,11-12H2,(H,25,28,29);1-8H,9-13H2,(H,25,28)/b;6-5-;. The molecule has 6 aliphatic rings. The van der Waals surface area contributed by atoms with Crippen LogP contribution in [0, 0.1) is 0 Å². The number of amides is 5. The van der Waals surface area contributed by atoms with Crippen molar-refractivity contribution in [3.05, 3.63) is 191 Å². The van der Waals surface area contributed by atoms with Gasteiger partial charge in [-0.05, 0) is 48.4 Å². The molecule has 21 rings (SSSR count). The third kappa shape index (κ3) is 6.61. The lowest BCUT2D eigenvalue weighted by atomic mass is 9.96. The number of aryl methyl sites for hydroxylation is 1. The van der Waals surface area contributed by atoms with Gasteiger partial charge in [-0.2, -0.15) is 0 Å². The molecule has 0 spiro atoms. The van der Waals surface area contributed by atoms with Crippen molar-refractivity contribution >= 4 is 160 Å². The molecule has 5 amide bonds. The summed E-state index contributed by atoms with van der Waals surface area (Å²) in [5.41, 5.74) is 16.3. The van der Waals surface area contributed by atoms with Gasteiger partial charge in [0.15, 0.2) is 0 Å². The van der Waals surface area contributed by atoms with Crippen LogP contribution in [0.15, 0.2) is 158 Å². The number of carbonyl (C=O) groups excluding carboxylic acids is 5. The van der Waals surface area contributed by atoms with Crippen LogP contribution in [0.1, 0.15) is 63.8 Å². The maximum atomic E-state index is 13.0. The van der Waals surface area contributed by atoms with Gasteiger partial charge in [0.25, 0.3) is 29.5 Å². The monoisotopic (exact) mass is 1180 g/mol. The molecule has 0 aliphatic carbocycles. The number of hydrogen-bond donors (Lipinski definition) is 5. The number of hydrogen-bond acceptors (Lipinski definition) is 8. The largest absolute Gasteiger partial charge is 0.390 e. The first-order chi connectivity index (χ1) is 44.2. The fourth-order valence-corrected chi connectivity index (χ4v) is 16.5. The molecule has 0 bridgehead atoms. The predicted molar refractivity (Wildman–Crippen MR) is 349 cm³/mol. The van der Waals surface area contributed by atoms with Gasteiger partial charge < -0.3 is 47.7 Å². The highest BCUT2D eigenvalue weighted by molar-refractivity contribution is 6.41. The minimum atomic E-state index is -0.955. The number of allylic oxidation sites excluding steroid dienone is 2. The van der Waals surface area contributed by atoms with Crippen LogP contribution >= 0.6 is 0 Å². The Bertz CT molecular complexity index is 5800. The molecule has 0 radical (unpaired) electrons. The van der Waals surface area contributed by atoms with Crippen molar-refractivity contribution in [3.8, 4) is 0 Å². The number of imide groups is 2. The number of para-hydroxylation sites is 6. The van der Waals surface area contributed by atoms with Crippen molar-refractivity contribution < 1.29 is 38.9 Å². The van der Waals surface area contributed by atoms with Crippen LogP contribution in [0.2, 0.25) is 0 Å². The molecule has 17 nitrogen and oxygen atoms in total. The summed E-state index contributed by atoms with van der Waals surface area (Å²) < 4.78 is 19.4. The van der Waals surface area contributed by atoms with Gasteiger partial charge in [-0.15, -0.1) is 0 Å². The smallest absolute Gasteiger partial charge is 0.259 e. The van der Waals surface area contributed by atoms with Gasteiger partial charge in [0.05, 0.1) is 92.9 Å². The van der Waals surface area contributed by atoms with E-state index in [9.17, 15) is 34.2 Å². The molecular weight excluding hydrogens is 1130 g/mol. The van der Waals surface area contributed by atoms with Gasteiger partial charge in [-0.3, -0.25) is 34.6 Å². The van der Waals surface area contributed by atoms with Gasteiger partial charge in [0.1, 0.15) is 0 Å². The minimum absolute atomic E-state index is 0.0396. The average Bonchev–Trinajstić information content (AvgIpc) is 1.57. The van der Waals surface area contributed by atoms with E-state index >= 15 is 0 Å². The molecule has 5 N–H and O–H groups in total. The first-order valence-corrected chi connectivity index (χ1v) is 30.7. The van der Waals surface area contributed by atoms with Crippen LogP contribution in [0.5, 0.6) is 0 Å². The molecule has 438 valence electrons. The fraction of sp³-hybridized carbons (Fsp3) is 0.164. The average molecular weight is 1180 g/mol. The number of carbonyl (C=O) groups is 5. The Hall–Kier alpha value is -10.9. The number of fused-ring (bicyclic) bond motifs is 27. The highest BCUT2D eigenvalue weighted by atomic mass is 16.5. The zero-order valence-corrected chi connectivity index (χ0v) is 48.3. The highest BCUT2D eigenvalue weighted by Crippen LogP contribution is 2.49. The molecule has 6 aliphatic heterocycles. The van der Waals surface area contributed by atoms with Gasteiger partial charge >= 0.3 is 0 Å². The Balaban J connectivity index is 0.0000000973. The molecular formula is C73H53N9O8. The first kappa shape index (κ1) is 51.2.